The van der Waals surface area contributed by atoms with Crippen molar-refractivity contribution in [2.45, 2.75) is 0 Å². The minimum absolute atomic E-state index is 0.275. The van der Waals surface area contributed by atoms with Gasteiger partial charge < -0.3 is 10.1 Å². The lowest BCUT2D eigenvalue weighted by Gasteiger charge is -2.09. The molecule has 8 heteroatoms. The molecule has 0 unspecified atom stereocenters. The van der Waals surface area contributed by atoms with Gasteiger partial charge in [0.05, 0.1) is 29.6 Å². The van der Waals surface area contributed by atoms with Crippen LogP contribution in [0.25, 0.3) is 0 Å². The first kappa shape index (κ1) is 14.7. The number of amides is 2. The van der Waals surface area contributed by atoms with Gasteiger partial charge in [0.25, 0.3) is 0 Å². The number of nitrogens with one attached hydrogen (secondary N) is 2. The maximum atomic E-state index is 11.8. The molecular formula is C13H11ClN4O3. The Kier molecular flexibility index (Phi) is 4.68. The van der Waals surface area contributed by atoms with Crippen LogP contribution in [0.2, 0.25) is 5.02 Å². The van der Waals surface area contributed by atoms with Crippen molar-refractivity contribution in [2.24, 2.45) is 0 Å². The Morgan fingerprint density at radius 2 is 2.05 bits per heavy atom. The van der Waals surface area contributed by atoms with Crippen molar-refractivity contribution in [3.63, 3.8) is 0 Å². The van der Waals surface area contributed by atoms with E-state index in [0.717, 1.165) is 0 Å². The van der Waals surface area contributed by atoms with E-state index in [-0.39, 0.29) is 22.1 Å². The summed E-state index contributed by atoms with van der Waals surface area (Å²) in [6, 6.07) is 3.86. The molecule has 108 valence electrons. The first-order valence-corrected chi connectivity index (χ1v) is 6.20. The SMILES string of the molecule is COC(=O)c1ccc(Cl)c(NC(=O)Nc2cnccn2)c1. The maximum Gasteiger partial charge on any atom is 0.337 e. The van der Waals surface area contributed by atoms with Crippen LogP contribution in [-0.2, 0) is 4.74 Å². The van der Waals surface area contributed by atoms with Crippen LogP contribution in [0.4, 0.5) is 16.3 Å². The molecular weight excluding hydrogens is 296 g/mol. The number of hydrogen-bond acceptors (Lipinski definition) is 5. The fraction of sp³-hybridized carbons (Fsp3) is 0.0769. The summed E-state index contributed by atoms with van der Waals surface area (Å²) in [4.78, 5) is 31.0. The Hall–Kier alpha value is -2.67. The van der Waals surface area contributed by atoms with E-state index < -0.39 is 12.0 Å². The third-order valence-electron chi connectivity index (χ3n) is 2.44. The van der Waals surface area contributed by atoms with E-state index in [9.17, 15) is 9.59 Å². The predicted octanol–water partition coefficient (Wildman–Crippen LogP) is 2.56. The Bertz CT molecular complexity index is 664. The molecule has 1 aromatic heterocycles. The molecule has 0 fully saturated rings. The summed E-state index contributed by atoms with van der Waals surface area (Å²) in [5.74, 6) is -0.237. The van der Waals surface area contributed by atoms with Gasteiger partial charge in [0.1, 0.15) is 0 Å². The molecule has 1 aromatic carbocycles. The maximum absolute atomic E-state index is 11.8. The number of methoxy groups -OCH3 is 1. The normalized spacial score (nSPS) is 9.81. The van der Waals surface area contributed by atoms with Crippen LogP contribution >= 0.6 is 11.6 Å². The molecule has 7 nitrogen and oxygen atoms in total. The molecule has 0 bridgehead atoms. The molecule has 21 heavy (non-hydrogen) atoms. The number of nitrogens with zero attached hydrogens (tertiary/aromatic N) is 2. The van der Waals surface area contributed by atoms with Gasteiger partial charge in [-0.15, -0.1) is 0 Å². The van der Waals surface area contributed by atoms with Crippen LogP contribution in [0.3, 0.4) is 0 Å². The molecule has 0 spiro atoms. The van der Waals surface area contributed by atoms with Crippen molar-refractivity contribution < 1.29 is 14.3 Å². The van der Waals surface area contributed by atoms with E-state index in [1.165, 1.54) is 43.9 Å². The molecule has 0 aliphatic rings. The lowest BCUT2D eigenvalue weighted by atomic mass is 10.2. The number of benzene rings is 1. The number of halogens is 1. The quantitative estimate of drug-likeness (QED) is 0.850. The van der Waals surface area contributed by atoms with E-state index in [1.807, 2.05) is 0 Å². The van der Waals surface area contributed by atoms with Gasteiger partial charge in [0.15, 0.2) is 5.82 Å². The third-order valence-corrected chi connectivity index (χ3v) is 2.77. The molecule has 2 N–H and O–H groups in total. The van der Waals surface area contributed by atoms with Crippen LogP contribution in [0.15, 0.2) is 36.8 Å². The summed E-state index contributed by atoms with van der Waals surface area (Å²) in [7, 11) is 1.27. The highest BCUT2D eigenvalue weighted by Gasteiger charge is 2.11. The Morgan fingerprint density at radius 3 is 2.71 bits per heavy atom. The number of rotatable bonds is 3. The second-order valence-corrected chi connectivity index (χ2v) is 4.26. The summed E-state index contributed by atoms with van der Waals surface area (Å²) < 4.78 is 4.60. The fourth-order valence-electron chi connectivity index (χ4n) is 1.50. The number of hydrogen-bond donors (Lipinski definition) is 2. The molecule has 0 radical (unpaired) electrons. The van der Waals surface area contributed by atoms with Crippen LogP contribution < -0.4 is 10.6 Å². The van der Waals surface area contributed by atoms with Crippen LogP contribution in [-0.4, -0.2) is 29.1 Å². The molecule has 0 aliphatic carbocycles. The Balaban J connectivity index is 2.11. The highest BCUT2D eigenvalue weighted by atomic mass is 35.5. The zero-order chi connectivity index (χ0) is 15.2. The minimum atomic E-state index is -0.556. The average Bonchev–Trinajstić information content (AvgIpc) is 2.49. The largest absolute Gasteiger partial charge is 0.465 e. The zero-order valence-electron chi connectivity index (χ0n) is 11.0. The van der Waals surface area contributed by atoms with Gasteiger partial charge in [-0.3, -0.25) is 10.3 Å². The first-order chi connectivity index (χ1) is 10.1. The topological polar surface area (TPSA) is 93.2 Å². The lowest BCUT2D eigenvalue weighted by molar-refractivity contribution is 0.0600. The minimum Gasteiger partial charge on any atom is -0.465 e. The van der Waals surface area contributed by atoms with Crippen molar-refractivity contribution in [1.82, 2.24) is 9.97 Å². The molecule has 0 saturated heterocycles. The average molecular weight is 307 g/mol. The molecule has 2 amide bonds. The van der Waals surface area contributed by atoms with Gasteiger partial charge in [0.2, 0.25) is 0 Å². The summed E-state index contributed by atoms with van der Waals surface area (Å²) >= 11 is 5.97. The van der Waals surface area contributed by atoms with Crippen molar-refractivity contribution in [3.05, 3.63) is 47.4 Å². The van der Waals surface area contributed by atoms with E-state index in [4.69, 9.17) is 11.6 Å². The summed E-state index contributed by atoms with van der Waals surface area (Å²) in [6.07, 6.45) is 4.33. The predicted molar refractivity (Wildman–Crippen MR) is 77.5 cm³/mol. The summed E-state index contributed by atoms with van der Waals surface area (Å²) in [5, 5.41) is 5.29. The zero-order valence-corrected chi connectivity index (χ0v) is 11.7. The van der Waals surface area contributed by atoms with Gasteiger partial charge in [-0.05, 0) is 18.2 Å². The molecule has 0 atom stereocenters. The van der Waals surface area contributed by atoms with Crippen molar-refractivity contribution in [2.75, 3.05) is 17.7 Å². The van der Waals surface area contributed by atoms with Gasteiger partial charge in [0, 0.05) is 12.4 Å². The Morgan fingerprint density at radius 1 is 1.24 bits per heavy atom. The summed E-state index contributed by atoms with van der Waals surface area (Å²) in [5.41, 5.74) is 0.553. The van der Waals surface area contributed by atoms with Gasteiger partial charge >= 0.3 is 12.0 Å². The summed E-state index contributed by atoms with van der Waals surface area (Å²) in [6.45, 7) is 0. The monoisotopic (exact) mass is 306 g/mol. The van der Waals surface area contributed by atoms with E-state index in [2.05, 4.69) is 25.3 Å². The standard InChI is InChI=1S/C13H11ClN4O3/c1-21-12(19)8-2-3-9(14)10(6-8)17-13(20)18-11-7-15-4-5-16-11/h2-7H,1H3,(H2,16,17,18,20). The second-order valence-electron chi connectivity index (χ2n) is 3.86. The smallest absolute Gasteiger partial charge is 0.337 e. The van der Waals surface area contributed by atoms with E-state index in [1.54, 1.807) is 0 Å². The van der Waals surface area contributed by atoms with E-state index >= 15 is 0 Å². The van der Waals surface area contributed by atoms with Crippen LogP contribution in [0.5, 0.6) is 0 Å². The molecule has 2 aromatic rings. The number of anilines is 2. The van der Waals surface area contributed by atoms with Gasteiger partial charge in [-0.1, -0.05) is 11.6 Å². The van der Waals surface area contributed by atoms with Crippen LogP contribution in [0, 0.1) is 0 Å². The lowest BCUT2D eigenvalue weighted by Crippen LogP contribution is -2.20. The number of ether oxygens (including phenoxy) is 1. The Labute approximate surface area is 125 Å². The number of carbonyl (C=O) groups excluding carboxylic acids is 2. The van der Waals surface area contributed by atoms with E-state index in [0.29, 0.717) is 0 Å². The molecule has 0 saturated carbocycles. The van der Waals surface area contributed by atoms with Crippen molar-refractivity contribution >= 4 is 35.1 Å². The highest BCUT2D eigenvalue weighted by molar-refractivity contribution is 6.34. The van der Waals surface area contributed by atoms with Gasteiger partial charge in [-0.25, -0.2) is 14.6 Å². The first-order valence-electron chi connectivity index (χ1n) is 5.82. The molecule has 1 heterocycles. The molecule has 0 aliphatic heterocycles. The fourth-order valence-corrected chi connectivity index (χ4v) is 1.66. The highest BCUT2D eigenvalue weighted by Crippen LogP contribution is 2.23. The third kappa shape index (κ3) is 3.90. The van der Waals surface area contributed by atoms with Crippen molar-refractivity contribution in [1.29, 1.82) is 0 Å². The molecule has 2 rings (SSSR count). The number of urea groups is 1. The second kappa shape index (κ2) is 6.67. The number of aromatic nitrogens is 2. The van der Waals surface area contributed by atoms with Crippen LogP contribution in [0.1, 0.15) is 10.4 Å². The number of esters is 1. The van der Waals surface area contributed by atoms with Gasteiger partial charge in [-0.2, -0.15) is 0 Å². The van der Waals surface area contributed by atoms with Crippen molar-refractivity contribution in [3.8, 4) is 0 Å². The number of carbonyl (C=O) groups is 2.